The lowest BCUT2D eigenvalue weighted by Gasteiger charge is -2.07. The van der Waals surface area contributed by atoms with Gasteiger partial charge in [-0.15, -0.1) is 11.3 Å². The van der Waals surface area contributed by atoms with Crippen molar-refractivity contribution in [2.75, 3.05) is 6.61 Å². The number of halogens is 2. The van der Waals surface area contributed by atoms with Crippen LogP contribution in [0.3, 0.4) is 0 Å². The Balaban J connectivity index is 2.13. The average Bonchev–Trinajstić information content (AvgIpc) is 2.95. The van der Waals surface area contributed by atoms with Crippen LogP contribution in [0, 0.1) is 0 Å². The van der Waals surface area contributed by atoms with Crippen LogP contribution >= 0.6 is 38.9 Å². The number of carbonyl (C=O) groups excluding carboxylic acids is 1. The summed E-state index contributed by atoms with van der Waals surface area (Å²) in [4.78, 5) is 13.2. The van der Waals surface area contributed by atoms with Gasteiger partial charge in [0.15, 0.2) is 0 Å². The van der Waals surface area contributed by atoms with E-state index in [-0.39, 0.29) is 5.78 Å². The summed E-state index contributed by atoms with van der Waals surface area (Å²) >= 11 is 10.8. The van der Waals surface area contributed by atoms with E-state index >= 15 is 0 Å². The maximum absolute atomic E-state index is 12.5. The molecule has 0 amide bonds. The Morgan fingerprint density at radius 3 is 3.00 bits per heavy atom. The molecule has 0 aliphatic carbocycles. The van der Waals surface area contributed by atoms with Crippen LogP contribution in [0.4, 0.5) is 0 Å². The monoisotopic (exact) mass is 342 g/mol. The van der Waals surface area contributed by atoms with E-state index < -0.39 is 0 Å². The van der Waals surface area contributed by atoms with Crippen molar-refractivity contribution >= 4 is 44.7 Å². The highest BCUT2D eigenvalue weighted by molar-refractivity contribution is 9.10. The van der Waals surface area contributed by atoms with Crippen molar-refractivity contribution in [3.8, 4) is 5.75 Å². The van der Waals surface area contributed by atoms with E-state index in [0.29, 0.717) is 27.8 Å². The van der Waals surface area contributed by atoms with Gasteiger partial charge in [0.2, 0.25) is 5.78 Å². The quantitative estimate of drug-likeness (QED) is 0.759. The van der Waals surface area contributed by atoms with Crippen molar-refractivity contribution in [3.63, 3.8) is 0 Å². The summed E-state index contributed by atoms with van der Waals surface area (Å²) in [6.45, 7) is 0.613. The number of thiophene rings is 1. The molecule has 0 saturated heterocycles. The highest BCUT2D eigenvalue weighted by Gasteiger charge is 2.24. The molecule has 1 aliphatic heterocycles. The van der Waals surface area contributed by atoms with Gasteiger partial charge in [-0.25, -0.2) is 0 Å². The molecule has 0 radical (unpaired) electrons. The third kappa shape index (κ3) is 1.98. The zero-order chi connectivity index (χ0) is 12.7. The molecule has 0 fully saturated rings. The van der Waals surface area contributed by atoms with E-state index in [4.69, 9.17) is 16.3 Å². The van der Waals surface area contributed by atoms with Crippen LogP contribution in [0.25, 0.3) is 0 Å². The smallest absolute Gasteiger partial charge is 0.207 e. The van der Waals surface area contributed by atoms with Crippen molar-refractivity contribution in [2.45, 2.75) is 6.42 Å². The molecule has 0 N–H and O–H groups in total. The maximum atomic E-state index is 12.5. The van der Waals surface area contributed by atoms with Gasteiger partial charge in [0.1, 0.15) is 5.75 Å². The standard InChI is InChI=1S/C13H8BrClO2S/c14-10-2-4-18-13(10)11(16)9-6-8(15)5-7-1-3-17-12(7)9/h2,4-6H,1,3H2. The van der Waals surface area contributed by atoms with Gasteiger partial charge >= 0.3 is 0 Å². The molecule has 1 aromatic heterocycles. The molecule has 0 bridgehead atoms. The number of rotatable bonds is 2. The number of ketones is 1. The van der Waals surface area contributed by atoms with Crippen molar-refractivity contribution in [1.29, 1.82) is 0 Å². The van der Waals surface area contributed by atoms with Crippen LogP contribution in [0.2, 0.25) is 5.02 Å². The predicted molar refractivity (Wildman–Crippen MR) is 76.1 cm³/mol. The van der Waals surface area contributed by atoms with Crippen LogP contribution in [-0.4, -0.2) is 12.4 Å². The zero-order valence-electron chi connectivity index (χ0n) is 9.20. The number of fused-ring (bicyclic) bond motifs is 1. The molecule has 18 heavy (non-hydrogen) atoms. The summed E-state index contributed by atoms with van der Waals surface area (Å²) in [5, 5.41) is 2.46. The first-order valence-corrected chi connectivity index (χ1v) is 7.45. The summed E-state index contributed by atoms with van der Waals surface area (Å²) in [7, 11) is 0. The fourth-order valence-electron chi connectivity index (χ4n) is 2.02. The Hall–Kier alpha value is -0.840. The van der Waals surface area contributed by atoms with Gasteiger partial charge in [-0.3, -0.25) is 4.79 Å². The summed E-state index contributed by atoms with van der Waals surface area (Å²) in [5.41, 5.74) is 1.57. The van der Waals surface area contributed by atoms with E-state index in [1.54, 1.807) is 6.07 Å². The largest absolute Gasteiger partial charge is 0.492 e. The molecule has 2 nitrogen and oxygen atoms in total. The Morgan fingerprint density at radius 1 is 1.44 bits per heavy atom. The van der Waals surface area contributed by atoms with E-state index in [0.717, 1.165) is 16.5 Å². The predicted octanol–water partition coefficient (Wildman–Crippen LogP) is 4.33. The molecule has 0 saturated carbocycles. The maximum Gasteiger partial charge on any atom is 0.207 e. The van der Waals surface area contributed by atoms with Crippen LogP contribution in [-0.2, 0) is 6.42 Å². The van der Waals surface area contributed by atoms with E-state index in [1.807, 2.05) is 17.5 Å². The molecular weight excluding hydrogens is 336 g/mol. The minimum Gasteiger partial charge on any atom is -0.492 e. The van der Waals surface area contributed by atoms with Crippen LogP contribution in [0.1, 0.15) is 20.8 Å². The van der Waals surface area contributed by atoms with Gasteiger partial charge in [0, 0.05) is 15.9 Å². The molecule has 1 aromatic carbocycles. The Bertz CT molecular complexity index is 636. The third-order valence-corrected chi connectivity index (χ3v) is 4.87. The number of ether oxygens (including phenoxy) is 1. The first-order valence-electron chi connectivity index (χ1n) is 5.39. The van der Waals surface area contributed by atoms with Crippen LogP contribution in [0.15, 0.2) is 28.1 Å². The second kappa shape index (κ2) is 4.68. The van der Waals surface area contributed by atoms with Gasteiger partial charge in [-0.1, -0.05) is 11.6 Å². The number of benzene rings is 1. The second-order valence-electron chi connectivity index (χ2n) is 3.97. The lowest BCUT2D eigenvalue weighted by Crippen LogP contribution is -2.02. The minimum atomic E-state index is -0.0440. The van der Waals surface area contributed by atoms with Gasteiger partial charge in [-0.05, 0) is 45.1 Å². The van der Waals surface area contributed by atoms with E-state index in [2.05, 4.69) is 15.9 Å². The van der Waals surface area contributed by atoms with Gasteiger partial charge in [0.05, 0.1) is 17.0 Å². The summed E-state index contributed by atoms with van der Waals surface area (Å²) in [5.74, 6) is 0.641. The Labute approximate surface area is 122 Å². The molecule has 0 atom stereocenters. The second-order valence-corrected chi connectivity index (χ2v) is 6.17. The first kappa shape index (κ1) is 12.2. The summed E-state index contributed by atoms with van der Waals surface area (Å²) < 4.78 is 6.36. The Morgan fingerprint density at radius 2 is 2.28 bits per heavy atom. The molecule has 2 heterocycles. The molecule has 2 aromatic rings. The number of carbonyl (C=O) groups is 1. The van der Waals surface area contributed by atoms with Crippen molar-refractivity contribution in [3.05, 3.63) is 49.1 Å². The highest BCUT2D eigenvalue weighted by Crippen LogP contribution is 2.36. The van der Waals surface area contributed by atoms with Crippen molar-refractivity contribution in [1.82, 2.24) is 0 Å². The first-order chi connectivity index (χ1) is 8.66. The average molecular weight is 344 g/mol. The molecule has 3 rings (SSSR count). The lowest BCUT2D eigenvalue weighted by molar-refractivity contribution is 0.103. The highest BCUT2D eigenvalue weighted by atomic mass is 79.9. The third-order valence-electron chi connectivity index (χ3n) is 2.82. The Kier molecular flexibility index (Phi) is 3.18. The van der Waals surface area contributed by atoms with Gasteiger partial charge < -0.3 is 4.74 Å². The fraction of sp³-hybridized carbons (Fsp3) is 0.154. The number of hydrogen-bond acceptors (Lipinski definition) is 3. The summed E-state index contributed by atoms with van der Waals surface area (Å²) in [6, 6.07) is 5.41. The number of hydrogen-bond donors (Lipinski definition) is 0. The zero-order valence-corrected chi connectivity index (χ0v) is 12.4. The van der Waals surface area contributed by atoms with E-state index in [9.17, 15) is 4.79 Å². The molecule has 92 valence electrons. The van der Waals surface area contributed by atoms with Crippen molar-refractivity contribution in [2.24, 2.45) is 0 Å². The van der Waals surface area contributed by atoms with Crippen molar-refractivity contribution < 1.29 is 9.53 Å². The molecule has 0 spiro atoms. The van der Waals surface area contributed by atoms with Gasteiger partial charge in [-0.2, -0.15) is 0 Å². The molecule has 0 unspecified atom stereocenters. The fourth-order valence-corrected chi connectivity index (χ4v) is 3.76. The summed E-state index contributed by atoms with van der Waals surface area (Å²) in [6.07, 6.45) is 0.807. The molecule has 5 heteroatoms. The topological polar surface area (TPSA) is 26.3 Å². The minimum absolute atomic E-state index is 0.0440. The lowest BCUT2D eigenvalue weighted by atomic mass is 10.0. The van der Waals surface area contributed by atoms with Crippen LogP contribution < -0.4 is 4.74 Å². The molecular formula is C13H8BrClO2S. The molecule has 1 aliphatic rings. The normalized spacial score (nSPS) is 13.2. The van der Waals surface area contributed by atoms with Crippen LogP contribution in [0.5, 0.6) is 5.75 Å². The van der Waals surface area contributed by atoms with Gasteiger partial charge in [0.25, 0.3) is 0 Å². The van der Waals surface area contributed by atoms with E-state index in [1.165, 1.54) is 11.3 Å². The SMILES string of the molecule is O=C(c1cc(Cl)cc2c1OCC2)c1sccc1Br.